The van der Waals surface area contributed by atoms with Crippen LogP contribution in [0.4, 0.5) is 11.4 Å². The third kappa shape index (κ3) is 3.16. The van der Waals surface area contributed by atoms with Crippen LogP contribution in [0.3, 0.4) is 0 Å². The van der Waals surface area contributed by atoms with E-state index in [1.54, 1.807) is 0 Å². The van der Waals surface area contributed by atoms with Crippen molar-refractivity contribution < 1.29 is 0 Å². The summed E-state index contributed by atoms with van der Waals surface area (Å²) in [5.74, 6) is 0.809. The fraction of sp³-hybridized carbons (Fsp3) is 0.533. The predicted octanol–water partition coefficient (Wildman–Crippen LogP) is 3.33. The van der Waals surface area contributed by atoms with Crippen LogP contribution in [0.25, 0.3) is 0 Å². The third-order valence-electron chi connectivity index (χ3n) is 3.72. The summed E-state index contributed by atoms with van der Waals surface area (Å²) in [6.45, 7) is 2.32. The van der Waals surface area contributed by atoms with E-state index >= 15 is 0 Å². The van der Waals surface area contributed by atoms with E-state index in [-0.39, 0.29) is 0 Å². The Labute approximate surface area is 109 Å². The molecule has 1 fully saturated rings. The maximum Gasteiger partial charge on any atom is 0.0670 e. The number of nitrogens with two attached hydrogens (primary N) is 1. The molecule has 2 unspecified atom stereocenters. The second-order valence-electron chi connectivity index (χ2n) is 5.36. The zero-order valence-electron chi connectivity index (χ0n) is 10.9. The molecule has 1 aliphatic rings. The lowest BCUT2D eigenvalue weighted by molar-refractivity contribution is 0.358. The molecule has 18 heavy (non-hydrogen) atoms. The van der Waals surface area contributed by atoms with Gasteiger partial charge in [0.15, 0.2) is 0 Å². The molecular formula is C15H21N3. The van der Waals surface area contributed by atoms with Gasteiger partial charge in [-0.15, -0.1) is 0 Å². The Bertz CT molecular complexity index is 448. The van der Waals surface area contributed by atoms with Gasteiger partial charge < -0.3 is 11.1 Å². The Morgan fingerprint density at radius 3 is 3.00 bits per heavy atom. The molecule has 3 heteroatoms. The van der Waals surface area contributed by atoms with Gasteiger partial charge in [-0.1, -0.05) is 19.8 Å². The standard InChI is InChI=1S/C15H21N3/c1-11-3-2-4-13(9-11)18-14-5-6-15(17)12(10-14)7-8-16/h5-6,10-11,13,18H,2-4,7,9,17H2,1H3. The van der Waals surface area contributed by atoms with Crippen LogP contribution in [-0.4, -0.2) is 6.04 Å². The fourth-order valence-electron chi connectivity index (χ4n) is 2.73. The van der Waals surface area contributed by atoms with Crippen LogP contribution in [0.15, 0.2) is 18.2 Å². The Kier molecular flexibility index (Phi) is 4.09. The van der Waals surface area contributed by atoms with Gasteiger partial charge in [0.1, 0.15) is 0 Å². The van der Waals surface area contributed by atoms with Crippen LogP contribution in [0.1, 0.15) is 38.2 Å². The van der Waals surface area contributed by atoms with E-state index in [0.29, 0.717) is 18.2 Å². The molecule has 1 aromatic rings. The third-order valence-corrected chi connectivity index (χ3v) is 3.72. The number of anilines is 2. The first-order chi connectivity index (χ1) is 8.69. The zero-order chi connectivity index (χ0) is 13.0. The maximum absolute atomic E-state index is 8.77. The number of nitrogen functional groups attached to an aromatic ring is 1. The van der Waals surface area contributed by atoms with Crippen molar-refractivity contribution in [3.8, 4) is 6.07 Å². The molecule has 96 valence electrons. The SMILES string of the molecule is CC1CCCC(Nc2ccc(N)c(CC#N)c2)C1. The normalized spacial score (nSPS) is 23.3. The highest BCUT2D eigenvalue weighted by Crippen LogP contribution is 2.27. The van der Waals surface area contributed by atoms with Crippen molar-refractivity contribution in [3.05, 3.63) is 23.8 Å². The Morgan fingerprint density at radius 1 is 1.44 bits per heavy atom. The molecule has 0 heterocycles. The van der Waals surface area contributed by atoms with Gasteiger partial charge in [-0.2, -0.15) is 5.26 Å². The largest absolute Gasteiger partial charge is 0.398 e. The molecule has 3 N–H and O–H groups in total. The predicted molar refractivity (Wildman–Crippen MR) is 75.2 cm³/mol. The summed E-state index contributed by atoms with van der Waals surface area (Å²) in [5.41, 5.74) is 8.57. The number of rotatable bonds is 3. The molecule has 1 aliphatic carbocycles. The van der Waals surface area contributed by atoms with Gasteiger partial charge in [-0.25, -0.2) is 0 Å². The Balaban J connectivity index is 2.05. The average molecular weight is 243 g/mol. The molecule has 1 aromatic carbocycles. The minimum absolute atomic E-state index is 0.377. The molecule has 0 bridgehead atoms. The lowest BCUT2D eigenvalue weighted by Gasteiger charge is -2.28. The van der Waals surface area contributed by atoms with Gasteiger partial charge in [0.25, 0.3) is 0 Å². The van der Waals surface area contributed by atoms with Gasteiger partial charge in [-0.3, -0.25) is 0 Å². The molecule has 0 saturated heterocycles. The van der Waals surface area contributed by atoms with Crippen molar-refractivity contribution in [1.82, 2.24) is 0 Å². The monoisotopic (exact) mass is 243 g/mol. The molecule has 0 aliphatic heterocycles. The van der Waals surface area contributed by atoms with Crippen LogP contribution in [0.5, 0.6) is 0 Å². The highest BCUT2D eigenvalue weighted by molar-refractivity contribution is 5.58. The molecule has 3 nitrogen and oxygen atoms in total. The van der Waals surface area contributed by atoms with Crippen LogP contribution < -0.4 is 11.1 Å². The van der Waals surface area contributed by atoms with E-state index in [1.165, 1.54) is 25.7 Å². The van der Waals surface area contributed by atoms with E-state index < -0.39 is 0 Å². The molecule has 2 rings (SSSR count). The number of hydrogen-bond donors (Lipinski definition) is 2. The highest BCUT2D eigenvalue weighted by atomic mass is 14.9. The summed E-state index contributed by atoms with van der Waals surface area (Å²) in [5, 5.41) is 12.3. The molecular weight excluding hydrogens is 222 g/mol. The van der Waals surface area contributed by atoms with Crippen molar-refractivity contribution in [2.75, 3.05) is 11.1 Å². The minimum Gasteiger partial charge on any atom is -0.398 e. The second-order valence-corrected chi connectivity index (χ2v) is 5.36. The number of benzene rings is 1. The molecule has 0 amide bonds. The number of nitrogens with one attached hydrogen (secondary N) is 1. The Morgan fingerprint density at radius 2 is 2.28 bits per heavy atom. The lowest BCUT2D eigenvalue weighted by atomic mass is 9.87. The van der Waals surface area contributed by atoms with Crippen molar-refractivity contribution in [2.45, 2.75) is 45.1 Å². The number of nitrogens with zero attached hydrogens (tertiary/aromatic N) is 1. The van der Waals surface area contributed by atoms with E-state index in [2.05, 4.69) is 18.3 Å². The van der Waals surface area contributed by atoms with Crippen molar-refractivity contribution in [2.24, 2.45) is 5.92 Å². The van der Waals surface area contributed by atoms with Crippen molar-refractivity contribution in [1.29, 1.82) is 5.26 Å². The molecule has 0 spiro atoms. The first kappa shape index (κ1) is 12.8. The molecule has 0 aromatic heterocycles. The zero-order valence-corrected chi connectivity index (χ0v) is 10.9. The van der Waals surface area contributed by atoms with Crippen molar-refractivity contribution in [3.63, 3.8) is 0 Å². The fourth-order valence-corrected chi connectivity index (χ4v) is 2.73. The van der Waals surface area contributed by atoms with E-state index in [9.17, 15) is 0 Å². The molecule has 2 atom stereocenters. The van der Waals surface area contributed by atoms with Crippen molar-refractivity contribution >= 4 is 11.4 Å². The number of nitriles is 1. The van der Waals surface area contributed by atoms with Crippen LogP contribution in [-0.2, 0) is 6.42 Å². The van der Waals surface area contributed by atoms with E-state index in [4.69, 9.17) is 11.0 Å². The van der Waals surface area contributed by atoms with Crippen LogP contribution in [0, 0.1) is 17.2 Å². The van der Waals surface area contributed by atoms with Gasteiger partial charge in [0.05, 0.1) is 12.5 Å². The first-order valence-electron chi connectivity index (χ1n) is 6.71. The summed E-state index contributed by atoms with van der Waals surface area (Å²) in [4.78, 5) is 0. The quantitative estimate of drug-likeness (QED) is 0.800. The summed E-state index contributed by atoms with van der Waals surface area (Å²) < 4.78 is 0. The topological polar surface area (TPSA) is 61.8 Å². The maximum atomic E-state index is 8.77. The summed E-state index contributed by atoms with van der Waals surface area (Å²) in [7, 11) is 0. The van der Waals surface area contributed by atoms with Crippen LogP contribution in [0.2, 0.25) is 0 Å². The average Bonchev–Trinajstić information content (AvgIpc) is 2.34. The van der Waals surface area contributed by atoms with Gasteiger partial charge in [0, 0.05) is 17.4 Å². The summed E-state index contributed by atoms with van der Waals surface area (Å²) >= 11 is 0. The first-order valence-corrected chi connectivity index (χ1v) is 6.71. The summed E-state index contributed by atoms with van der Waals surface area (Å²) in [6.07, 6.45) is 5.50. The summed E-state index contributed by atoms with van der Waals surface area (Å²) in [6, 6.07) is 8.63. The van der Waals surface area contributed by atoms with Gasteiger partial charge in [0.2, 0.25) is 0 Å². The number of hydrogen-bond acceptors (Lipinski definition) is 3. The molecule has 0 radical (unpaired) electrons. The van der Waals surface area contributed by atoms with E-state index in [0.717, 1.165) is 17.2 Å². The highest BCUT2D eigenvalue weighted by Gasteiger charge is 2.18. The minimum atomic E-state index is 0.377. The van der Waals surface area contributed by atoms with E-state index in [1.807, 2.05) is 18.2 Å². The second kappa shape index (κ2) is 5.77. The molecule has 1 saturated carbocycles. The van der Waals surface area contributed by atoms with Gasteiger partial charge in [-0.05, 0) is 42.5 Å². The van der Waals surface area contributed by atoms with Gasteiger partial charge >= 0.3 is 0 Å². The van der Waals surface area contributed by atoms with Crippen LogP contribution >= 0.6 is 0 Å². The Hall–Kier alpha value is -1.69. The lowest BCUT2D eigenvalue weighted by Crippen LogP contribution is -2.26. The smallest absolute Gasteiger partial charge is 0.0670 e.